The highest BCUT2D eigenvalue weighted by atomic mass is 16.5. The van der Waals surface area contributed by atoms with Crippen LogP contribution in [0.3, 0.4) is 0 Å². The van der Waals surface area contributed by atoms with Crippen molar-refractivity contribution < 1.29 is 4.74 Å². The number of ether oxygens (including phenoxy) is 1. The summed E-state index contributed by atoms with van der Waals surface area (Å²) in [6.45, 7) is 11.2. The first-order chi connectivity index (χ1) is 13.4. The van der Waals surface area contributed by atoms with E-state index in [9.17, 15) is 0 Å². The number of hydrogen-bond acceptors (Lipinski definition) is 1. The molecular formula is C27H46O. The minimum Gasteiger partial charge on any atom is -0.378 e. The van der Waals surface area contributed by atoms with E-state index in [1.54, 1.807) is 12.8 Å². The summed E-state index contributed by atoms with van der Waals surface area (Å²) in [5.74, 6) is 6.88. The lowest BCUT2D eigenvalue weighted by Gasteiger charge is -2.60. The molecule has 1 nitrogen and oxygen atoms in total. The average Bonchev–Trinajstić information content (AvgIpc) is 3.18. The summed E-state index contributed by atoms with van der Waals surface area (Å²) < 4.78 is 6.35. The van der Waals surface area contributed by atoms with Crippen LogP contribution in [0.1, 0.15) is 105 Å². The van der Waals surface area contributed by atoms with Crippen molar-refractivity contribution in [3.8, 4) is 0 Å². The van der Waals surface area contributed by atoms with E-state index in [0.29, 0.717) is 16.9 Å². The quantitative estimate of drug-likeness (QED) is 0.475. The second-order valence-corrected chi connectivity index (χ2v) is 12.6. The van der Waals surface area contributed by atoms with Gasteiger partial charge < -0.3 is 4.74 Å². The van der Waals surface area contributed by atoms with Crippen LogP contribution in [0.15, 0.2) is 0 Å². The molecule has 1 heterocycles. The van der Waals surface area contributed by atoms with Crippen molar-refractivity contribution in [2.45, 2.75) is 111 Å². The molecule has 0 unspecified atom stereocenters. The summed E-state index contributed by atoms with van der Waals surface area (Å²) in [5, 5.41) is 0. The Morgan fingerprint density at radius 1 is 0.893 bits per heavy atom. The minimum atomic E-state index is 0.605. The molecule has 0 N–H and O–H groups in total. The van der Waals surface area contributed by atoms with Gasteiger partial charge >= 0.3 is 0 Å². The highest BCUT2D eigenvalue weighted by Gasteiger charge is 2.63. The van der Waals surface area contributed by atoms with Crippen LogP contribution in [-0.4, -0.2) is 12.7 Å². The Kier molecular flexibility index (Phi) is 5.17. The van der Waals surface area contributed by atoms with Gasteiger partial charge in [-0.1, -0.05) is 47.0 Å². The summed E-state index contributed by atoms with van der Waals surface area (Å²) in [6.07, 6.45) is 18.4. The molecule has 0 radical (unpaired) electrons. The first kappa shape index (κ1) is 19.9. The first-order valence-corrected chi connectivity index (χ1v) is 13.1. The largest absolute Gasteiger partial charge is 0.378 e. The van der Waals surface area contributed by atoms with Crippen LogP contribution >= 0.6 is 0 Å². The molecule has 0 aromatic carbocycles. The first-order valence-electron chi connectivity index (χ1n) is 13.1. The molecule has 0 aromatic heterocycles. The summed E-state index contributed by atoms with van der Waals surface area (Å²) in [4.78, 5) is 0. The lowest BCUT2D eigenvalue weighted by atomic mass is 9.44. The molecule has 9 atom stereocenters. The molecule has 0 aromatic rings. The van der Waals surface area contributed by atoms with Crippen LogP contribution in [0.2, 0.25) is 0 Å². The Morgan fingerprint density at radius 3 is 2.54 bits per heavy atom. The monoisotopic (exact) mass is 386 g/mol. The minimum absolute atomic E-state index is 0.605. The van der Waals surface area contributed by atoms with Crippen molar-refractivity contribution in [3.63, 3.8) is 0 Å². The second-order valence-electron chi connectivity index (χ2n) is 12.6. The van der Waals surface area contributed by atoms with E-state index in [2.05, 4.69) is 27.7 Å². The normalized spacial score (nSPS) is 50.9. The molecule has 5 aliphatic rings. The molecule has 1 heteroatoms. The molecule has 0 amide bonds. The topological polar surface area (TPSA) is 9.23 Å². The van der Waals surface area contributed by atoms with Gasteiger partial charge in [-0.15, -0.1) is 0 Å². The van der Waals surface area contributed by atoms with E-state index in [-0.39, 0.29) is 0 Å². The van der Waals surface area contributed by atoms with Gasteiger partial charge in [-0.05, 0) is 105 Å². The van der Waals surface area contributed by atoms with Crippen molar-refractivity contribution in [1.29, 1.82) is 0 Å². The van der Waals surface area contributed by atoms with E-state index in [1.807, 2.05) is 0 Å². The number of fused-ring (bicyclic) bond motifs is 4. The summed E-state index contributed by atoms with van der Waals surface area (Å²) in [6, 6.07) is 0. The van der Waals surface area contributed by atoms with Gasteiger partial charge in [0.15, 0.2) is 0 Å². The molecular weight excluding hydrogens is 340 g/mol. The lowest BCUT2D eigenvalue weighted by molar-refractivity contribution is -0.111. The van der Waals surface area contributed by atoms with Crippen molar-refractivity contribution in [3.05, 3.63) is 0 Å². The van der Waals surface area contributed by atoms with Crippen LogP contribution < -0.4 is 0 Å². The third-order valence-corrected chi connectivity index (χ3v) is 11.1. The Bertz CT molecular complexity index is 569. The molecule has 5 fully saturated rings. The summed E-state index contributed by atoms with van der Waals surface area (Å²) >= 11 is 0. The van der Waals surface area contributed by atoms with E-state index >= 15 is 0 Å². The molecule has 1 saturated heterocycles. The third kappa shape index (κ3) is 2.96. The van der Waals surface area contributed by atoms with Crippen LogP contribution in [-0.2, 0) is 4.74 Å². The van der Waals surface area contributed by atoms with Gasteiger partial charge in [0, 0.05) is 5.41 Å². The van der Waals surface area contributed by atoms with Crippen molar-refractivity contribution >= 4 is 0 Å². The van der Waals surface area contributed by atoms with Gasteiger partial charge in [-0.2, -0.15) is 0 Å². The maximum absolute atomic E-state index is 6.35. The predicted molar refractivity (Wildman–Crippen MR) is 117 cm³/mol. The smallest absolute Gasteiger partial charge is 0.0581 e. The van der Waals surface area contributed by atoms with Gasteiger partial charge in [-0.3, -0.25) is 0 Å². The van der Waals surface area contributed by atoms with E-state index in [0.717, 1.165) is 48.0 Å². The van der Waals surface area contributed by atoms with Crippen molar-refractivity contribution in [1.82, 2.24) is 0 Å². The van der Waals surface area contributed by atoms with Crippen LogP contribution in [0.5, 0.6) is 0 Å². The van der Waals surface area contributed by atoms with E-state index < -0.39 is 0 Å². The molecule has 1 aliphatic heterocycles. The Morgan fingerprint density at radius 2 is 1.71 bits per heavy atom. The Labute approximate surface area is 174 Å². The Balaban J connectivity index is 1.31. The molecule has 5 rings (SSSR count). The molecule has 1 spiro atoms. The summed E-state index contributed by atoms with van der Waals surface area (Å²) in [7, 11) is 0. The van der Waals surface area contributed by atoms with Gasteiger partial charge in [0.25, 0.3) is 0 Å². The van der Waals surface area contributed by atoms with E-state index in [1.165, 1.54) is 64.2 Å². The Hall–Kier alpha value is -0.0400. The van der Waals surface area contributed by atoms with Gasteiger partial charge in [0.1, 0.15) is 0 Å². The maximum atomic E-state index is 6.35. The molecule has 2 bridgehead atoms. The zero-order valence-electron chi connectivity index (χ0n) is 19.2. The standard InChI is InChI=1S/C27H46O/c1-18(2)6-5-7-19(3)23-12-13-24-22-11-9-20-8-10-21-16-27(20,17-28-21)25(22)14-15-26(23,24)4/h18-25H,5-17H2,1-4H3/t19-,20+,21-,22-,23-,24+,25-,26+,27-/m0/s1. The highest BCUT2D eigenvalue weighted by Crippen LogP contribution is 2.69. The van der Waals surface area contributed by atoms with Crippen molar-refractivity contribution in [2.75, 3.05) is 6.61 Å². The van der Waals surface area contributed by atoms with Gasteiger partial charge in [0.05, 0.1) is 12.7 Å². The summed E-state index contributed by atoms with van der Waals surface area (Å²) in [5.41, 5.74) is 1.25. The predicted octanol–water partition coefficient (Wildman–Crippen LogP) is 7.49. The fourth-order valence-electron chi connectivity index (χ4n) is 9.77. The zero-order chi connectivity index (χ0) is 19.5. The fraction of sp³-hybridized carbons (Fsp3) is 1.00. The average molecular weight is 387 g/mol. The SMILES string of the molecule is CC(C)CCC[C@H](C)[C@@H]1CC[C@@H]2[C@@H]3CC[C@H]4CC[C@H]5C[C@@]4(CO5)[C@H]3CC[C@@]21C. The van der Waals surface area contributed by atoms with Gasteiger partial charge in [-0.25, -0.2) is 0 Å². The van der Waals surface area contributed by atoms with Crippen LogP contribution in [0, 0.1) is 52.3 Å². The highest BCUT2D eigenvalue weighted by molar-refractivity contribution is 5.12. The fourth-order valence-corrected chi connectivity index (χ4v) is 9.77. The van der Waals surface area contributed by atoms with Crippen LogP contribution in [0.4, 0.5) is 0 Å². The van der Waals surface area contributed by atoms with Gasteiger partial charge in [0.2, 0.25) is 0 Å². The molecule has 4 aliphatic carbocycles. The molecule has 4 saturated carbocycles. The molecule has 160 valence electrons. The maximum Gasteiger partial charge on any atom is 0.0581 e. The molecule has 28 heavy (non-hydrogen) atoms. The zero-order valence-corrected chi connectivity index (χ0v) is 19.2. The number of hydrogen-bond donors (Lipinski definition) is 0. The van der Waals surface area contributed by atoms with Crippen molar-refractivity contribution in [2.24, 2.45) is 52.3 Å². The number of rotatable bonds is 5. The second kappa shape index (κ2) is 7.28. The lowest BCUT2D eigenvalue weighted by Crippen LogP contribution is -2.54. The third-order valence-electron chi connectivity index (χ3n) is 11.1. The van der Waals surface area contributed by atoms with Crippen LogP contribution in [0.25, 0.3) is 0 Å². The van der Waals surface area contributed by atoms with E-state index in [4.69, 9.17) is 4.74 Å².